The molecule has 0 spiro atoms. The molecule has 0 saturated heterocycles. The van der Waals surface area contributed by atoms with E-state index < -0.39 is 6.04 Å². The van der Waals surface area contributed by atoms with Gasteiger partial charge in [0.05, 0.1) is 11.7 Å². The van der Waals surface area contributed by atoms with Crippen molar-refractivity contribution in [3.8, 4) is 0 Å². The summed E-state index contributed by atoms with van der Waals surface area (Å²) in [4.78, 5) is 17.4. The Morgan fingerprint density at radius 3 is 2.88 bits per heavy atom. The average Bonchev–Trinajstić information content (AvgIpc) is 2.69. The predicted molar refractivity (Wildman–Crippen MR) is 72.9 cm³/mol. The summed E-state index contributed by atoms with van der Waals surface area (Å²) in [5, 5.41) is 3.50. The number of nitrogens with one attached hydrogen (secondary N) is 1. The minimum absolute atomic E-state index is 0. The highest BCUT2D eigenvalue weighted by molar-refractivity contribution is 7.15. The molecule has 4 nitrogen and oxygen atoms in total. The summed E-state index contributed by atoms with van der Waals surface area (Å²) in [6.45, 7) is 1.90. The zero-order chi connectivity index (χ0) is 11.5. The first-order chi connectivity index (χ1) is 7.70. The molecule has 0 radical (unpaired) electrons. The number of amides is 1. The fourth-order valence-electron chi connectivity index (χ4n) is 1.79. The Kier molecular flexibility index (Phi) is 5.36. The summed E-state index contributed by atoms with van der Waals surface area (Å²) < 4.78 is 0. The second kappa shape index (κ2) is 6.33. The van der Waals surface area contributed by atoms with E-state index in [1.165, 1.54) is 17.7 Å². The van der Waals surface area contributed by atoms with E-state index in [1.54, 1.807) is 11.3 Å². The van der Waals surface area contributed by atoms with Gasteiger partial charge in [0.15, 0.2) is 5.13 Å². The van der Waals surface area contributed by atoms with Crippen LogP contribution in [0.25, 0.3) is 0 Å². The van der Waals surface area contributed by atoms with Crippen LogP contribution in [0.1, 0.15) is 36.8 Å². The first-order valence-corrected chi connectivity index (χ1v) is 6.57. The van der Waals surface area contributed by atoms with Gasteiger partial charge in [-0.2, -0.15) is 0 Å². The minimum atomic E-state index is -0.430. The SMILES string of the molecule is CC[C@H](N)C(=O)Nc1nc2c(s1)CCCC2.Cl. The van der Waals surface area contributed by atoms with Gasteiger partial charge in [0.1, 0.15) is 0 Å². The highest BCUT2D eigenvalue weighted by Crippen LogP contribution is 2.29. The number of aromatic nitrogens is 1. The Morgan fingerprint density at radius 1 is 1.53 bits per heavy atom. The van der Waals surface area contributed by atoms with E-state index in [0.717, 1.165) is 18.5 Å². The number of aryl methyl sites for hydroxylation is 2. The van der Waals surface area contributed by atoms with E-state index in [4.69, 9.17) is 5.73 Å². The maximum absolute atomic E-state index is 11.6. The number of thiazole rings is 1. The normalized spacial score (nSPS) is 15.6. The van der Waals surface area contributed by atoms with Gasteiger partial charge in [-0.3, -0.25) is 4.79 Å². The Bertz CT molecular complexity index is 371. The lowest BCUT2D eigenvalue weighted by Gasteiger charge is -2.06. The molecule has 0 aliphatic heterocycles. The molecule has 0 bridgehead atoms. The van der Waals surface area contributed by atoms with Crippen molar-refractivity contribution in [1.29, 1.82) is 0 Å². The molecular weight excluding hydrogens is 258 g/mol. The maximum Gasteiger partial charge on any atom is 0.243 e. The molecule has 1 aromatic rings. The van der Waals surface area contributed by atoms with Crippen LogP contribution in [0.5, 0.6) is 0 Å². The quantitative estimate of drug-likeness (QED) is 0.888. The predicted octanol–water partition coefficient (Wildman–Crippen LogP) is 2.12. The van der Waals surface area contributed by atoms with Crippen LogP contribution in [0.2, 0.25) is 0 Å². The zero-order valence-corrected chi connectivity index (χ0v) is 11.5. The molecule has 0 fully saturated rings. The lowest BCUT2D eigenvalue weighted by atomic mass is 10.0. The zero-order valence-electron chi connectivity index (χ0n) is 9.86. The standard InChI is InChI=1S/C11H17N3OS.ClH/c1-2-7(12)10(15)14-11-13-8-5-3-4-6-9(8)16-11;/h7H,2-6,12H2,1H3,(H,13,14,15);1H/t7-;/m0./s1. The second-order valence-electron chi connectivity index (χ2n) is 4.10. The van der Waals surface area contributed by atoms with E-state index in [2.05, 4.69) is 10.3 Å². The minimum Gasteiger partial charge on any atom is -0.320 e. The third-order valence-electron chi connectivity index (χ3n) is 2.85. The molecular formula is C11H18ClN3OS. The van der Waals surface area contributed by atoms with Gasteiger partial charge < -0.3 is 11.1 Å². The highest BCUT2D eigenvalue weighted by atomic mass is 35.5. The highest BCUT2D eigenvalue weighted by Gasteiger charge is 2.18. The van der Waals surface area contributed by atoms with E-state index >= 15 is 0 Å². The third kappa shape index (κ3) is 3.40. The van der Waals surface area contributed by atoms with Gasteiger partial charge in [-0.05, 0) is 32.1 Å². The number of hydrogen-bond acceptors (Lipinski definition) is 4. The topological polar surface area (TPSA) is 68.0 Å². The monoisotopic (exact) mass is 275 g/mol. The fraction of sp³-hybridized carbons (Fsp3) is 0.636. The number of fused-ring (bicyclic) bond motifs is 1. The molecule has 1 atom stereocenters. The summed E-state index contributed by atoms with van der Waals surface area (Å²) in [7, 11) is 0. The molecule has 1 aliphatic carbocycles. The van der Waals surface area contributed by atoms with Gasteiger partial charge in [-0.15, -0.1) is 23.7 Å². The molecule has 0 unspecified atom stereocenters. The molecule has 17 heavy (non-hydrogen) atoms. The van der Waals surface area contributed by atoms with Crippen molar-refractivity contribution in [3.63, 3.8) is 0 Å². The van der Waals surface area contributed by atoms with Crippen LogP contribution in [0.4, 0.5) is 5.13 Å². The first kappa shape index (κ1) is 14.4. The number of rotatable bonds is 3. The van der Waals surface area contributed by atoms with E-state index in [-0.39, 0.29) is 18.3 Å². The van der Waals surface area contributed by atoms with Crippen molar-refractivity contribution >= 4 is 34.8 Å². The molecule has 1 amide bonds. The fourth-order valence-corrected chi connectivity index (χ4v) is 2.84. The van der Waals surface area contributed by atoms with Gasteiger partial charge in [-0.1, -0.05) is 6.92 Å². The van der Waals surface area contributed by atoms with E-state index in [9.17, 15) is 4.79 Å². The van der Waals surface area contributed by atoms with Crippen molar-refractivity contribution in [2.45, 2.75) is 45.1 Å². The number of carbonyl (C=O) groups is 1. The van der Waals surface area contributed by atoms with Crippen LogP contribution in [-0.2, 0) is 17.6 Å². The van der Waals surface area contributed by atoms with Crippen molar-refractivity contribution in [1.82, 2.24) is 4.98 Å². The lowest BCUT2D eigenvalue weighted by Crippen LogP contribution is -2.34. The van der Waals surface area contributed by atoms with Gasteiger partial charge >= 0.3 is 0 Å². The smallest absolute Gasteiger partial charge is 0.243 e. The van der Waals surface area contributed by atoms with Crippen LogP contribution >= 0.6 is 23.7 Å². The Morgan fingerprint density at radius 2 is 2.24 bits per heavy atom. The summed E-state index contributed by atoms with van der Waals surface area (Å²) >= 11 is 1.59. The summed E-state index contributed by atoms with van der Waals surface area (Å²) in [6.07, 6.45) is 5.23. The van der Waals surface area contributed by atoms with Crippen LogP contribution in [0.3, 0.4) is 0 Å². The molecule has 3 N–H and O–H groups in total. The largest absolute Gasteiger partial charge is 0.320 e. The average molecular weight is 276 g/mol. The van der Waals surface area contributed by atoms with Crippen molar-refractivity contribution in [2.24, 2.45) is 5.73 Å². The van der Waals surface area contributed by atoms with Crippen molar-refractivity contribution in [3.05, 3.63) is 10.6 Å². The van der Waals surface area contributed by atoms with Crippen molar-refractivity contribution < 1.29 is 4.79 Å². The third-order valence-corrected chi connectivity index (χ3v) is 3.93. The van der Waals surface area contributed by atoms with Crippen LogP contribution in [0, 0.1) is 0 Å². The molecule has 96 valence electrons. The van der Waals surface area contributed by atoms with Gasteiger partial charge in [-0.25, -0.2) is 4.98 Å². The maximum atomic E-state index is 11.6. The van der Waals surface area contributed by atoms with Gasteiger partial charge in [0.25, 0.3) is 0 Å². The molecule has 2 rings (SSSR count). The molecule has 1 aliphatic rings. The molecule has 0 aromatic carbocycles. The Labute approximate surface area is 111 Å². The van der Waals surface area contributed by atoms with Crippen LogP contribution < -0.4 is 11.1 Å². The van der Waals surface area contributed by atoms with Crippen LogP contribution in [0.15, 0.2) is 0 Å². The number of anilines is 1. The number of halogens is 1. The molecule has 0 saturated carbocycles. The van der Waals surface area contributed by atoms with Gasteiger partial charge in [0, 0.05) is 4.88 Å². The summed E-state index contributed by atoms with van der Waals surface area (Å²) in [5.74, 6) is -0.131. The number of hydrogen-bond donors (Lipinski definition) is 2. The Hall–Kier alpha value is -0.650. The number of carbonyl (C=O) groups excluding carboxylic acids is 1. The van der Waals surface area contributed by atoms with E-state index in [1.807, 2.05) is 6.92 Å². The van der Waals surface area contributed by atoms with Gasteiger partial charge in [0.2, 0.25) is 5.91 Å². The van der Waals surface area contributed by atoms with Crippen LogP contribution in [-0.4, -0.2) is 16.9 Å². The van der Waals surface area contributed by atoms with Crippen molar-refractivity contribution in [2.75, 3.05) is 5.32 Å². The first-order valence-electron chi connectivity index (χ1n) is 5.75. The molecule has 6 heteroatoms. The molecule has 1 aromatic heterocycles. The number of nitrogens with zero attached hydrogens (tertiary/aromatic N) is 1. The lowest BCUT2D eigenvalue weighted by molar-refractivity contribution is -0.117. The summed E-state index contributed by atoms with van der Waals surface area (Å²) in [6, 6.07) is -0.430. The Balaban J connectivity index is 0.00000144. The van der Waals surface area contributed by atoms with E-state index in [0.29, 0.717) is 11.6 Å². The molecule has 1 heterocycles. The number of nitrogens with two attached hydrogens (primary N) is 1. The summed E-state index contributed by atoms with van der Waals surface area (Å²) in [5.41, 5.74) is 6.81. The second-order valence-corrected chi connectivity index (χ2v) is 5.18.